The molecule has 0 aliphatic carbocycles. The van der Waals surface area contributed by atoms with Crippen molar-refractivity contribution < 1.29 is 0 Å². The van der Waals surface area contributed by atoms with Gasteiger partial charge in [-0.3, -0.25) is 0 Å². The summed E-state index contributed by atoms with van der Waals surface area (Å²) >= 11 is 0. The summed E-state index contributed by atoms with van der Waals surface area (Å²) in [5.74, 6) is 0. The highest BCUT2D eigenvalue weighted by Gasteiger charge is 1.35. The lowest BCUT2D eigenvalue weighted by atomic mass is 10.6. The molecular formula is C3H10Br2. The second-order valence-corrected chi connectivity index (χ2v) is 0.707. The lowest BCUT2D eigenvalue weighted by Gasteiger charge is -1.48. The van der Waals surface area contributed by atoms with Crippen molar-refractivity contribution in [2.24, 2.45) is 0 Å². The Bertz CT molecular complexity index is 4.85. The van der Waals surface area contributed by atoms with Crippen LogP contribution in [0.5, 0.6) is 0 Å². The van der Waals surface area contributed by atoms with Gasteiger partial charge in [0.05, 0.1) is 0 Å². The first-order valence-corrected chi connectivity index (χ1v) is 1.41. The molecule has 0 nitrogen and oxygen atoms in total. The average molecular weight is 206 g/mol. The monoisotopic (exact) mass is 204 g/mol. The minimum absolute atomic E-state index is 0. The van der Waals surface area contributed by atoms with Crippen LogP contribution in [0.2, 0.25) is 0 Å². The van der Waals surface area contributed by atoms with Crippen LogP contribution in [0.3, 0.4) is 0 Å². The predicted octanol–water partition coefficient (Wildman–Crippen LogP) is 2.57. The maximum absolute atomic E-state index is 2.12. The highest BCUT2D eigenvalue weighted by Crippen LogP contribution is 1.56. The van der Waals surface area contributed by atoms with Crippen LogP contribution >= 0.6 is 34.0 Å². The van der Waals surface area contributed by atoms with Crippen LogP contribution in [0.15, 0.2) is 0 Å². The topological polar surface area (TPSA) is 0 Å². The summed E-state index contributed by atoms with van der Waals surface area (Å²) in [6.07, 6.45) is 1.25. The van der Waals surface area contributed by atoms with Gasteiger partial charge in [-0.05, 0) is 0 Å². The van der Waals surface area contributed by atoms with Gasteiger partial charge in [0, 0.05) is 0 Å². The van der Waals surface area contributed by atoms with Crippen LogP contribution in [0.1, 0.15) is 20.3 Å². The van der Waals surface area contributed by atoms with Crippen molar-refractivity contribution in [3.05, 3.63) is 0 Å². The van der Waals surface area contributed by atoms with Crippen LogP contribution in [0.4, 0.5) is 0 Å². The molecule has 0 unspecified atom stereocenters. The molecule has 2 heteroatoms. The molecule has 0 aliphatic rings. The highest BCUT2D eigenvalue weighted by atomic mass is 79.9. The molecular weight excluding hydrogens is 196 g/mol. The van der Waals surface area contributed by atoms with Gasteiger partial charge in [-0.15, -0.1) is 34.0 Å². The van der Waals surface area contributed by atoms with Gasteiger partial charge in [0.2, 0.25) is 0 Å². The van der Waals surface area contributed by atoms with Gasteiger partial charge in [0.25, 0.3) is 0 Å². The fourth-order valence-electron chi connectivity index (χ4n) is 0. The first kappa shape index (κ1) is 16.7. The van der Waals surface area contributed by atoms with Crippen molar-refractivity contribution in [1.29, 1.82) is 0 Å². The third-order valence-electron chi connectivity index (χ3n) is 0. The fraction of sp³-hybridized carbons (Fsp3) is 1.00. The van der Waals surface area contributed by atoms with Crippen molar-refractivity contribution in [2.45, 2.75) is 20.3 Å². The number of hydrogen-bond acceptors (Lipinski definition) is 0. The van der Waals surface area contributed by atoms with E-state index in [9.17, 15) is 0 Å². The number of rotatable bonds is 0. The van der Waals surface area contributed by atoms with Crippen LogP contribution in [-0.4, -0.2) is 0 Å². The summed E-state index contributed by atoms with van der Waals surface area (Å²) < 4.78 is 0. The van der Waals surface area contributed by atoms with E-state index in [0.29, 0.717) is 0 Å². The van der Waals surface area contributed by atoms with Crippen molar-refractivity contribution >= 4 is 34.0 Å². The second kappa shape index (κ2) is 20.2. The Hall–Kier alpha value is 0.960. The fourth-order valence-corrected chi connectivity index (χ4v) is 0. The lowest BCUT2D eigenvalue weighted by molar-refractivity contribution is 1.09. The molecule has 0 fully saturated rings. The van der Waals surface area contributed by atoms with E-state index < -0.39 is 0 Å². The largest absolute Gasteiger partial charge is 0.114 e. The number of hydrogen-bond donors (Lipinski definition) is 0. The Morgan fingerprint density at radius 2 is 1.00 bits per heavy atom. The van der Waals surface area contributed by atoms with E-state index >= 15 is 0 Å². The van der Waals surface area contributed by atoms with Gasteiger partial charge in [-0.25, -0.2) is 0 Å². The van der Waals surface area contributed by atoms with E-state index in [4.69, 9.17) is 0 Å². The zero-order valence-corrected chi connectivity index (χ0v) is 6.95. The zero-order valence-electron chi connectivity index (χ0n) is 3.52. The second-order valence-electron chi connectivity index (χ2n) is 0.707. The Morgan fingerprint density at radius 3 is 1.00 bits per heavy atom. The standard InChI is InChI=1S/C3H8.2BrH/c1-3-2;;/h3H2,1-2H3;2*1H. The average Bonchev–Trinajstić information content (AvgIpc) is 0.918. The first-order chi connectivity index (χ1) is 1.41. The maximum atomic E-state index is 2.12. The van der Waals surface area contributed by atoms with E-state index in [1.807, 2.05) is 0 Å². The molecule has 0 atom stereocenters. The lowest BCUT2D eigenvalue weighted by Crippen LogP contribution is -1.27. The zero-order chi connectivity index (χ0) is 2.71. The molecule has 0 rings (SSSR count). The van der Waals surface area contributed by atoms with Crippen LogP contribution in [0.25, 0.3) is 0 Å². The summed E-state index contributed by atoms with van der Waals surface area (Å²) in [6, 6.07) is 0. The third kappa shape index (κ3) is 47.2. The van der Waals surface area contributed by atoms with Crippen LogP contribution in [-0.2, 0) is 0 Å². The summed E-state index contributed by atoms with van der Waals surface area (Å²) in [5, 5.41) is 0. The Kier molecular flexibility index (Phi) is 67.8. The minimum Gasteiger partial charge on any atom is -0.114 e. The van der Waals surface area contributed by atoms with E-state index in [1.54, 1.807) is 0 Å². The van der Waals surface area contributed by atoms with Gasteiger partial charge in [0.1, 0.15) is 0 Å². The molecule has 0 saturated heterocycles. The molecule has 0 N–H and O–H groups in total. The molecule has 0 aromatic carbocycles. The third-order valence-corrected chi connectivity index (χ3v) is 0. The minimum atomic E-state index is 0. The summed E-state index contributed by atoms with van der Waals surface area (Å²) in [4.78, 5) is 0. The van der Waals surface area contributed by atoms with Crippen molar-refractivity contribution in [2.75, 3.05) is 0 Å². The Balaban J connectivity index is -0.0000000200. The summed E-state index contributed by atoms with van der Waals surface area (Å²) in [7, 11) is 0. The van der Waals surface area contributed by atoms with Crippen molar-refractivity contribution in [1.82, 2.24) is 0 Å². The molecule has 5 heavy (non-hydrogen) atoms. The van der Waals surface area contributed by atoms with Gasteiger partial charge in [-0.2, -0.15) is 0 Å². The molecule has 0 amide bonds. The predicted molar refractivity (Wildman–Crippen MR) is 36.6 cm³/mol. The molecule has 0 radical (unpaired) electrons. The van der Waals surface area contributed by atoms with Gasteiger partial charge in [-0.1, -0.05) is 20.3 Å². The highest BCUT2D eigenvalue weighted by molar-refractivity contribution is 8.93. The molecule has 0 spiro atoms. The SMILES string of the molecule is Br.Br.CCC. The first-order valence-electron chi connectivity index (χ1n) is 1.41. The van der Waals surface area contributed by atoms with Gasteiger partial charge >= 0.3 is 0 Å². The summed E-state index contributed by atoms with van der Waals surface area (Å²) in [6.45, 7) is 4.25. The molecule has 0 bridgehead atoms. The van der Waals surface area contributed by atoms with Crippen molar-refractivity contribution in [3.63, 3.8) is 0 Å². The molecule has 36 valence electrons. The maximum Gasteiger partial charge on any atom is -0.0590 e. The van der Waals surface area contributed by atoms with E-state index in [-0.39, 0.29) is 34.0 Å². The molecule has 0 heterocycles. The molecule has 0 aromatic rings. The van der Waals surface area contributed by atoms with Crippen molar-refractivity contribution in [3.8, 4) is 0 Å². The Morgan fingerprint density at radius 1 is 1.00 bits per heavy atom. The molecule has 0 saturated carbocycles. The normalized spacial score (nSPS) is 3.60. The van der Waals surface area contributed by atoms with Gasteiger partial charge < -0.3 is 0 Å². The van der Waals surface area contributed by atoms with Gasteiger partial charge in [0.15, 0.2) is 0 Å². The van der Waals surface area contributed by atoms with E-state index in [1.165, 1.54) is 6.42 Å². The van der Waals surface area contributed by atoms with E-state index in [0.717, 1.165) is 0 Å². The smallest absolute Gasteiger partial charge is 0.0590 e. The number of halogens is 2. The van der Waals surface area contributed by atoms with Crippen LogP contribution < -0.4 is 0 Å². The quantitative estimate of drug-likeness (QED) is 0.571. The van der Waals surface area contributed by atoms with E-state index in [2.05, 4.69) is 13.8 Å². The summed E-state index contributed by atoms with van der Waals surface area (Å²) in [5.41, 5.74) is 0. The molecule has 0 aliphatic heterocycles. The Labute approximate surface area is 54.5 Å². The molecule has 0 aromatic heterocycles. The van der Waals surface area contributed by atoms with Crippen LogP contribution in [0, 0.1) is 0 Å².